The Bertz CT molecular complexity index is 3640. The molecule has 0 unspecified atom stereocenters. The zero-order chi connectivity index (χ0) is 41.4. The number of rotatable bonds is 6. The first kappa shape index (κ1) is 35.5. The van der Waals surface area contributed by atoms with E-state index in [1.807, 2.05) is 12.1 Å². The highest BCUT2D eigenvalue weighted by Crippen LogP contribution is 2.60. The van der Waals surface area contributed by atoms with Crippen LogP contribution < -0.4 is 0 Å². The van der Waals surface area contributed by atoms with Gasteiger partial charge in [-0.3, -0.25) is 0 Å². The summed E-state index contributed by atoms with van der Waals surface area (Å²) in [6, 6.07) is 84.3. The molecule has 0 aliphatic heterocycles. The lowest BCUT2D eigenvalue weighted by atomic mass is 9.79. The predicted molar refractivity (Wildman–Crippen MR) is 266 cm³/mol. The largest absolute Gasteiger partial charge is 0.456 e. The number of furan rings is 1. The van der Waals surface area contributed by atoms with Crippen LogP contribution in [0.3, 0.4) is 0 Å². The van der Waals surface area contributed by atoms with Crippen LogP contribution >= 0.6 is 0 Å². The Kier molecular flexibility index (Phi) is 7.98. The van der Waals surface area contributed by atoms with E-state index < -0.39 is 0 Å². The van der Waals surface area contributed by atoms with E-state index in [0.717, 1.165) is 21.9 Å². The van der Waals surface area contributed by atoms with Gasteiger partial charge in [0.15, 0.2) is 0 Å². The molecule has 1 nitrogen and oxygen atoms in total. The molecule has 1 heterocycles. The van der Waals surface area contributed by atoms with Gasteiger partial charge in [0, 0.05) is 10.8 Å². The summed E-state index contributed by atoms with van der Waals surface area (Å²) in [5.41, 5.74) is 21.6. The molecule has 0 saturated heterocycles. The second-order valence-corrected chi connectivity index (χ2v) is 16.6. The molecule has 1 aliphatic carbocycles. The molecular weight excluding hydrogens is 761 g/mol. The van der Waals surface area contributed by atoms with Crippen molar-refractivity contribution in [3.63, 3.8) is 0 Å². The minimum Gasteiger partial charge on any atom is -0.456 e. The van der Waals surface area contributed by atoms with Gasteiger partial charge < -0.3 is 4.42 Å². The molecule has 1 aliphatic rings. The Morgan fingerprint density at radius 1 is 0.206 bits per heavy atom. The number of hydrogen-bond donors (Lipinski definition) is 0. The molecule has 0 N–H and O–H groups in total. The third-order valence-corrected chi connectivity index (χ3v) is 13.3. The number of benzene rings is 11. The van der Waals surface area contributed by atoms with Gasteiger partial charge in [0.05, 0.1) is 0 Å². The van der Waals surface area contributed by atoms with Crippen molar-refractivity contribution < 1.29 is 4.42 Å². The molecule has 0 bridgehead atoms. The molecule has 12 aromatic rings. The van der Waals surface area contributed by atoms with Crippen LogP contribution in [0, 0.1) is 0 Å². The second kappa shape index (κ2) is 14.2. The molecule has 1 heteroatoms. The average molecular weight is 799 g/mol. The molecule has 0 radical (unpaired) electrons. The Labute approximate surface area is 365 Å². The summed E-state index contributed by atoms with van der Waals surface area (Å²) in [6.07, 6.45) is 0. The van der Waals surface area contributed by atoms with Crippen molar-refractivity contribution in [3.8, 4) is 89.0 Å². The maximum absolute atomic E-state index is 6.26. The normalized spacial score (nSPS) is 11.8. The first-order valence-corrected chi connectivity index (χ1v) is 21.8. The third-order valence-electron chi connectivity index (χ3n) is 13.3. The lowest BCUT2D eigenvalue weighted by Gasteiger charge is -2.23. The zero-order valence-corrected chi connectivity index (χ0v) is 34.3. The third kappa shape index (κ3) is 5.43. The Morgan fingerprint density at radius 2 is 0.635 bits per heavy atom. The highest BCUT2D eigenvalue weighted by Gasteiger charge is 2.33. The minimum atomic E-state index is 0.905. The van der Waals surface area contributed by atoms with Crippen molar-refractivity contribution in [2.75, 3.05) is 0 Å². The number of para-hydroxylation sites is 1. The highest BCUT2D eigenvalue weighted by atomic mass is 16.3. The summed E-state index contributed by atoms with van der Waals surface area (Å²) in [6.45, 7) is 0. The van der Waals surface area contributed by atoms with Gasteiger partial charge in [-0.2, -0.15) is 0 Å². The summed E-state index contributed by atoms with van der Waals surface area (Å²) in [4.78, 5) is 0. The SMILES string of the molecule is c1ccc(-c2ccccc2-c2c3c(c(-c4ccccc4-c4ccccc4)c4ccccc24)-c2ccc(-c4ccccc4-c4ccc5oc6ccccc6c5c4)c4cccc-3c24)cc1. The van der Waals surface area contributed by atoms with Crippen LogP contribution in [0.4, 0.5) is 0 Å². The fourth-order valence-electron chi connectivity index (χ4n) is 10.6. The summed E-state index contributed by atoms with van der Waals surface area (Å²) in [5.74, 6) is 0. The first-order chi connectivity index (χ1) is 31.3. The molecule has 0 amide bonds. The molecule has 292 valence electrons. The van der Waals surface area contributed by atoms with E-state index in [0.29, 0.717) is 0 Å². The fourth-order valence-corrected chi connectivity index (χ4v) is 10.6. The van der Waals surface area contributed by atoms with E-state index in [-0.39, 0.29) is 0 Å². The van der Waals surface area contributed by atoms with Crippen molar-refractivity contribution >= 4 is 43.5 Å². The van der Waals surface area contributed by atoms with Crippen molar-refractivity contribution in [2.24, 2.45) is 0 Å². The van der Waals surface area contributed by atoms with Crippen LogP contribution in [-0.2, 0) is 0 Å². The topological polar surface area (TPSA) is 13.1 Å². The molecule has 1 aromatic heterocycles. The van der Waals surface area contributed by atoms with Crippen LogP contribution in [0.15, 0.2) is 235 Å². The summed E-state index contributed by atoms with van der Waals surface area (Å²) in [5, 5.41) is 7.30. The van der Waals surface area contributed by atoms with E-state index in [9.17, 15) is 0 Å². The monoisotopic (exact) mass is 798 g/mol. The van der Waals surface area contributed by atoms with Gasteiger partial charge in [0.1, 0.15) is 11.2 Å². The maximum Gasteiger partial charge on any atom is 0.135 e. The second-order valence-electron chi connectivity index (χ2n) is 16.6. The maximum atomic E-state index is 6.26. The number of hydrogen-bond acceptors (Lipinski definition) is 1. The van der Waals surface area contributed by atoms with Crippen molar-refractivity contribution in [1.29, 1.82) is 0 Å². The smallest absolute Gasteiger partial charge is 0.135 e. The molecule has 0 saturated carbocycles. The molecule has 0 fully saturated rings. The van der Waals surface area contributed by atoms with Gasteiger partial charge >= 0.3 is 0 Å². The van der Waals surface area contributed by atoms with Crippen molar-refractivity contribution in [1.82, 2.24) is 0 Å². The zero-order valence-electron chi connectivity index (χ0n) is 34.3. The van der Waals surface area contributed by atoms with Crippen molar-refractivity contribution in [3.05, 3.63) is 231 Å². The minimum absolute atomic E-state index is 0.905. The first-order valence-electron chi connectivity index (χ1n) is 21.8. The quantitative estimate of drug-likeness (QED) is 0.163. The van der Waals surface area contributed by atoms with Gasteiger partial charge in [0.2, 0.25) is 0 Å². The summed E-state index contributed by atoms with van der Waals surface area (Å²) < 4.78 is 6.26. The van der Waals surface area contributed by atoms with Gasteiger partial charge in [-0.1, -0.05) is 212 Å². The average Bonchev–Trinajstić information content (AvgIpc) is 3.90. The molecule has 0 atom stereocenters. The van der Waals surface area contributed by atoms with Gasteiger partial charge in [-0.25, -0.2) is 0 Å². The van der Waals surface area contributed by atoms with E-state index in [2.05, 4.69) is 218 Å². The molecule has 13 rings (SSSR count). The summed E-state index contributed by atoms with van der Waals surface area (Å²) >= 11 is 0. The standard InChI is InChI=1S/C62H38O/c1-3-18-39(19-4-1)42-22-8-11-27-48(42)59-51-29-13-14-30-52(51)60(49-28-12-9-23-43(49)40-20-5-2-6-21-40)62-54-36-35-46(50-31-17-32-53(58(50)54)61(59)62)45-25-10-7-24-44(45)41-34-37-57-55(38-41)47-26-15-16-33-56(47)63-57/h1-38H. The highest BCUT2D eigenvalue weighted by molar-refractivity contribution is 6.30. The van der Waals surface area contributed by atoms with Gasteiger partial charge in [-0.15, -0.1) is 0 Å². The van der Waals surface area contributed by atoms with Crippen LogP contribution in [-0.4, -0.2) is 0 Å². The molecule has 63 heavy (non-hydrogen) atoms. The van der Waals surface area contributed by atoms with Crippen LogP contribution in [0.25, 0.3) is 132 Å². The number of fused-ring (bicyclic) bond motifs is 7. The molecular formula is C62H38O. The Hall–Kier alpha value is -8.26. The van der Waals surface area contributed by atoms with Crippen LogP contribution in [0.2, 0.25) is 0 Å². The molecule has 0 spiro atoms. The van der Waals surface area contributed by atoms with Gasteiger partial charge in [0.25, 0.3) is 0 Å². The van der Waals surface area contributed by atoms with E-state index in [1.165, 1.54) is 111 Å². The molecule has 11 aromatic carbocycles. The fraction of sp³-hybridized carbons (Fsp3) is 0. The van der Waals surface area contributed by atoms with Crippen LogP contribution in [0.1, 0.15) is 0 Å². The predicted octanol–water partition coefficient (Wildman–Crippen LogP) is 17.5. The lowest BCUT2D eigenvalue weighted by molar-refractivity contribution is 0.669. The Balaban J connectivity index is 1.12. The lowest BCUT2D eigenvalue weighted by Crippen LogP contribution is -1.96. The van der Waals surface area contributed by atoms with Crippen molar-refractivity contribution in [2.45, 2.75) is 0 Å². The summed E-state index contributed by atoms with van der Waals surface area (Å²) in [7, 11) is 0. The van der Waals surface area contributed by atoms with E-state index in [4.69, 9.17) is 4.42 Å². The van der Waals surface area contributed by atoms with E-state index in [1.54, 1.807) is 0 Å². The van der Waals surface area contributed by atoms with E-state index >= 15 is 0 Å². The Morgan fingerprint density at radius 3 is 1.25 bits per heavy atom. The van der Waals surface area contributed by atoms with Gasteiger partial charge in [-0.05, 0) is 129 Å². The van der Waals surface area contributed by atoms with Crippen LogP contribution in [0.5, 0.6) is 0 Å².